The van der Waals surface area contributed by atoms with E-state index in [1.165, 1.54) is 18.7 Å². The summed E-state index contributed by atoms with van der Waals surface area (Å²) in [6, 6.07) is 0. The Morgan fingerprint density at radius 3 is 2.83 bits per heavy atom. The van der Waals surface area contributed by atoms with Crippen molar-refractivity contribution in [2.45, 2.75) is 6.42 Å². The number of ether oxygens (including phenoxy) is 1. The summed E-state index contributed by atoms with van der Waals surface area (Å²) in [6.07, 6.45) is 8.67. The molecule has 8 nitrogen and oxygen atoms in total. The van der Waals surface area contributed by atoms with E-state index in [-0.39, 0.29) is 11.8 Å². The number of carbonyl (C=O) groups excluding carboxylic acids is 1. The van der Waals surface area contributed by atoms with Crippen LogP contribution in [0.3, 0.4) is 0 Å². The highest BCUT2D eigenvalue weighted by Crippen LogP contribution is 2.15. The standard InChI is InChI=1S/C16H20N6O2/c1-17-15-8-20-14(7-21-15)4-12-9-22(2-3-24-10-12)16(23)13-5-18-11-19-6-13/h5-8,11-12H,2-4,9-10H2,1H3,(H,17,21). The summed E-state index contributed by atoms with van der Waals surface area (Å²) >= 11 is 0. The van der Waals surface area contributed by atoms with E-state index in [9.17, 15) is 4.79 Å². The molecule has 0 saturated carbocycles. The molecule has 0 bridgehead atoms. The summed E-state index contributed by atoms with van der Waals surface area (Å²) < 4.78 is 5.65. The molecule has 1 aliphatic heterocycles. The lowest BCUT2D eigenvalue weighted by atomic mass is 10.0. The second kappa shape index (κ2) is 7.78. The van der Waals surface area contributed by atoms with Crippen molar-refractivity contribution in [2.24, 2.45) is 5.92 Å². The first kappa shape index (κ1) is 16.3. The SMILES string of the molecule is CNc1cnc(CC2COCCN(C(=O)c3cncnc3)C2)cn1. The zero-order chi connectivity index (χ0) is 16.8. The van der Waals surface area contributed by atoms with Crippen LogP contribution >= 0.6 is 0 Å². The topological polar surface area (TPSA) is 93.1 Å². The molecule has 1 unspecified atom stereocenters. The van der Waals surface area contributed by atoms with Crippen LogP contribution in [0.5, 0.6) is 0 Å². The third kappa shape index (κ3) is 4.02. The molecule has 0 radical (unpaired) electrons. The van der Waals surface area contributed by atoms with Crippen molar-refractivity contribution in [3.63, 3.8) is 0 Å². The number of amides is 1. The lowest BCUT2D eigenvalue weighted by molar-refractivity contribution is 0.0736. The Morgan fingerprint density at radius 1 is 1.29 bits per heavy atom. The number of aromatic nitrogens is 4. The van der Waals surface area contributed by atoms with Gasteiger partial charge < -0.3 is 15.0 Å². The smallest absolute Gasteiger partial charge is 0.257 e. The summed E-state index contributed by atoms with van der Waals surface area (Å²) in [5.74, 6) is 0.843. The van der Waals surface area contributed by atoms with Crippen molar-refractivity contribution in [1.82, 2.24) is 24.8 Å². The van der Waals surface area contributed by atoms with Gasteiger partial charge in [0, 0.05) is 38.4 Å². The van der Waals surface area contributed by atoms with Crippen LogP contribution in [0.2, 0.25) is 0 Å². The van der Waals surface area contributed by atoms with Crippen molar-refractivity contribution in [1.29, 1.82) is 0 Å². The quantitative estimate of drug-likeness (QED) is 0.880. The molecule has 8 heteroatoms. The maximum Gasteiger partial charge on any atom is 0.257 e. The number of hydrogen-bond acceptors (Lipinski definition) is 7. The first-order chi connectivity index (χ1) is 11.8. The van der Waals surface area contributed by atoms with Crippen LogP contribution in [0.1, 0.15) is 16.1 Å². The fourth-order valence-corrected chi connectivity index (χ4v) is 2.67. The Balaban J connectivity index is 1.66. The van der Waals surface area contributed by atoms with Crippen molar-refractivity contribution in [3.05, 3.63) is 42.4 Å². The second-order valence-electron chi connectivity index (χ2n) is 5.67. The van der Waals surface area contributed by atoms with Crippen LogP contribution in [0.15, 0.2) is 31.1 Å². The molecule has 1 fully saturated rings. The van der Waals surface area contributed by atoms with Gasteiger partial charge in [-0.2, -0.15) is 0 Å². The molecular formula is C16H20N6O2. The molecule has 0 spiro atoms. The highest BCUT2D eigenvalue weighted by Gasteiger charge is 2.24. The Labute approximate surface area is 140 Å². The van der Waals surface area contributed by atoms with Crippen LogP contribution in [-0.2, 0) is 11.2 Å². The average Bonchev–Trinajstić information content (AvgIpc) is 2.88. The molecule has 3 rings (SSSR count). The zero-order valence-electron chi connectivity index (χ0n) is 13.6. The minimum absolute atomic E-state index is 0.0669. The van der Waals surface area contributed by atoms with Gasteiger partial charge in [0.05, 0.1) is 36.9 Å². The van der Waals surface area contributed by atoms with Crippen LogP contribution in [0.25, 0.3) is 0 Å². The Kier molecular flexibility index (Phi) is 5.27. The van der Waals surface area contributed by atoms with E-state index in [4.69, 9.17) is 4.74 Å². The van der Waals surface area contributed by atoms with Gasteiger partial charge in [0.2, 0.25) is 0 Å². The molecule has 2 aromatic rings. The molecule has 0 aliphatic carbocycles. The third-order valence-electron chi connectivity index (χ3n) is 3.89. The highest BCUT2D eigenvalue weighted by molar-refractivity contribution is 5.93. The average molecular weight is 328 g/mol. The van der Waals surface area contributed by atoms with Gasteiger partial charge in [0.15, 0.2) is 0 Å². The van der Waals surface area contributed by atoms with Crippen LogP contribution in [0.4, 0.5) is 5.82 Å². The number of rotatable bonds is 4. The van der Waals surface area contributed by atoms with Crippen molar-refractivity contribution < 1.29 is 9.53 Å². The monoisotopic (exact) mass is 328 g/mol. The minimum Gasteiger partial charge on any atom is -0.379 e. The van der Waals surface area contributed by atoms with Crippen molar-refractivity contribution in [2.75, 3.05) is 38.7 Å². The lowest BCUT2D eigenvalue weighted by Gasteiger charge is -2.23. The molecule has 1 atom stereocenters. The van der Waals surface area contributed by atoms with Crippen molar-refractivity contribution in [3.8, 4) is 0 Å². The summed E-state index contributed by atoms with van der Waals surface area (Å²) in [7, 11) is 1.81. The van der Waals surface area contributed by atoms with Crippen LogP contribution < -0.4 is 5.32 Å². The number of anilines is 1. The van der Waals surface area contributed by atoms with Gasteiger partial charge in [-0.1, -0.05) is 0 Å². The Morgan fingerprint density at radius 2 is 2.12 bits per heavy atom. The first-order valence-corrected chi connectivity index (χ1v) is 7.87. The Bertz CT molecular complexity index is 664. The molecule has 126 valence electrons. The normalized spacial score (nSPS) is 18.0. The van der Waals surface area contributed by atoms with Gasteiger partial charge in [-0.25, -0.2) is 15.0 Å². The van der Waals surface area contributed by atoms with Crippen LogP contribution in [0, 0.1) is 5.92 Å². The number of hydrogen-bond donors (Lipinski definition) is 1. The third-order valence-corrected chi connectivity index (χ3v) is 3.89. The summed E-state index contributed by atoms with van der Waals surface area (Å²) in [4.78, 5) is 30.9. The maximum atomic E-state index is 12.6. The predicted octanol–water partition coefficient (Wildman–Crippen LogP) is 0.640. The second-order valence-corrected chi connectivity index (χ2v) is 5.67. The predicted molar refractivity (Wildman–Crippen MR) is 87.5 cm³/mol. The molecule has 3 heterocycles. The van der Waals surface area contributed by atoms with E-state index >= 15 is 0 Å². The van der Waals surface area contributed by atoms with E-state index in [2.05, 4.69) is 25.3 Å². The molecule has 1 aliphatic rings. The van der Waals surface area contributed by atoms with E-state index in [1.54, 1.807) is 24.3 Å². The zero-order valence-corrected chi connectivity index (χ0v) is 13.6. The van der Waals surface area contributed by atoms with Gasteiger partial charge in [-0.3, -0.25) is 9.78 Å². The molecule has 1 saturated heterocycles. The van der Waals surface area contributed by atoms with Crippen LogP contribution in [-0.4, -0.2) is 64.1 Å². The van der Waals surface area contributed by atoms with E-state index in [0.29, 0.717) is 38.3 Å². The van der Waals surface area contributed by atoms with E-state index < -0.39 is 0 Å². The molecule has 24 heavy (non-hydrogen) atoms. The van der Waals surface area contributed by atoms with Gasteiger partial charge in [0.1, 0.15) is 12.1 Å². The van der Waals surface area contributed by atoms with E-state index in [0.717, 1.165) is 11.5 Å². The lowest BCUT2D eigenvalue weighted by Crippen LogP contribution is -2.36. The molecular weight excluding hydrogens is 308 g/mol. The van der Waals surface area contributed by atoms with Crippen molar-refractivity contribution >= 4 is 11.7 Å². The molecule has 1 amide bonds. The number of nitrogens with one attached hydrogen (secondary N) is 1. The summed E-state index contributed by atoms with van der Waals surface area (Å²) in [5.41, 5.74) is 1.39. The number of carbonyl (C=O) groups is 1. The maximum absolute atomic E-state index is 12.6. The van der Waals surface area contributed by atoms with Gasteiger partial charge >= 0.3 is 0 Å². The largest absolute Gasteiger partial charge is 0.379 e. The highest BCUT2D eigenvalue weighted by atomic mass is 16.5. The van der Waals surface area contributed by atoms with Gasteiger partial charge in [-0.05, 0) is 6.42 Å². The molecule has 2 aromatic heterocycles. The fourth-order valence-electron chi connectivity index (χ4n) is 2.67. The molecule has 0 aromatic carbocycles. The van der Waals surface area contributed by atoms with Gasteiger partial charge in [0.25, 0.3) is 5.91 Å². The van der Waals surface area contributed by atoms with E-state index in [1.807, 2.05) is 0 Å². The summed E-state index contributed by atoms with van der Waals surface area (Å²) in [6.45, 7) is 2.31. The Hall–Kier alpha value is -2.61. The van der Waals surface area contributed by atoms with Gasteiger partial charge in [-0.15, -0.1) is 0 Å². The first-order valence-electron chi connectivity index (χ1n) is 7.87. The molecule has 1 N–H and O–H groups in total. The minimum atomic E-state index is -0.0669. The number of nitrogens with zero attached hydrogens (tertiary/aromatic N) is 5. The fraction of sp³-hybridized carbons (Fsp3) is 0.438. The summed E-state index contributed by atoms with van der Waals surface area (Å²) in [5, 5.41) is 2.94.